The summed E-state index contributed by atoms with van der Waals surface area (Å²) in [6.45, 7) is 4.84. The molecule has 0 aliphatic rings. The summed E-state index contributed by atoms with van der Waals surface area (Å²) in [7, 11) is 4.05. The van der Waals surface area contributed by atoms with E-state index in [1.54, 1.807) is 0 Å². The normalized spacial score (nSPS) is 12.6. The molecule has 1 heterocycles. The topological polar surface area (TPSA) is 97.3 Å². The molecule has 3 N–H and O–H groups in total. The average molecular weight is 331 g/mol. The van der Waals surface area contributed by atoms with E-state index in [2.05, 4.69) is 20.4 Å². The molecule has 7 nitrogen and oxygen atoms in total. The fourth-order valence-electron chi connectivity index (χ4n) is 2.15. The molecule has 0 radical (unpaired) electrons. The standard InChI is InChI=1S/C17H25N5O2/c1-11(2)15(18)17(23)19-9-14-20-16(21-24-14)13-7-5-12(6-8-13)10-22(3)4/h5-8,11,15H,9-10,18H2,1-4H3,(H,19,23)/t15-/m0/s1. The van der Waals surface area contributed by atoms with Crippen LogP contribution < -0.4 is 11.1 Å². The molecule has 0 aliphatic carbocycles. The molecule has 0 bridgehead atoms. The minimum absolute atomic E-state index is 0.0731. The lowest BCUT2D eigenvalue weighted by Crippen LogP contribution is -2.43. The zero-order valence-corrected chi connectivity index (χ0v) is 14.6. The second kappa shape index (κ2) is 8.03. The van der Waals surface area contributed by atoms with Crippen LogP contribution in [0.15, 0.2) is 28.8 Å². The maximum absolute atomic E-state index is 11.8. The van der Waals surface area contributed by atoms with Crippen LogP contribution in [0.25, 0.3) is 11.4 Å². The molecule has 2 rings (SSSR count). The largest absolute Gasteiger partial charge is 0.346 e. The number of carbonyl (C=O) groups is 1. The number of hydrogen-bond donors (Lipinski definition) is 2. The van der Waals surface area contributed by atoms with Crippen molar-refractivity contribution < 1.29 is 9.32 Å². The maximum Gasteiger partial charge on any atom is 0.246 e. The fourth-order valence-corrected chi connectivity index (χ4v) is 2.15. The van der Waals surface area contributed by atoms with Crippen molar-refractivity contribution in [2.24, 2.45) is 11.7 Å². The van der Waals surface area contributed by atoms with E-state index in [4.69, 9.17) is 10.3 Å². The van der Waals surface area contributed by atoms with Gasteiger partial charge in [0.15, 0.2) is 0 Å². The van der Waals surface area contributed by atoms with Crippen LogP contribution in [0.5, 0.6) is 0 Å². The van der Waals surface area contributed by atoms with Gasteiger partial charge < -0.3 is 20.5 Å². The molecule has 0 aliphatic heterocycles. The van der Waals surface area contributed by atoms with Crippen molar-refractivity contribution in [2.75, 3.05) is 14.1 Å². The van der Waals surface area contributed by atoms with Crippen LogP contribution in [-0.2, 0) is 17.9 Å². The van der Waals surface area contributed by atoms with Gasteiger partial charge in [-0.2, -0.15) is 4.98 Å². The lowest BCUT2D eigenvalue weighted by molar-refractivity contribution is -0.123. The monoisotopic (exact) mass is 331 g/mol. The van der Waals surface area contributed by atoms with Crippen LogP contribution in [0.2, 0.25) is 0 Å². The Balaban J connectivity index is 1.96. The zero-order chi connectivity index (χ0) is 17.7. The molecular weight excluding hydrogens is 306 g/mol. The number of amides is 1. The van der Waals surface area contributed by atoms with Crippen molar-refractivity contribution in [1.29, 1.82) is 0 Å². The first-order valence-corrected chi connectivity index (χ1v) is 7.96. The number of hydrogen-bond acceptors (Lipinski definition) is 6. The summed E-state index contributed by atoms with van der Waals surface area (Å²) in [6.07, 6.45) is 0. The summed E-state index contributed by atoms with van der Waals surface area (Å²) >= 11 is 0. The van der Waals surface area contributed by atoms with Gasteiger partial charge in [0.05, 0.1) is 12.6 Å². The van der Waals surface area contributed by atoms with Crippen LogP contribution in [-0.4, -0.2) is 41.1 Å². The molecule has 1 aromatic heterocycles. The Bertz CT molecular complexity index is 664. The van der Waals surface area contributed by atoms with Crippen LogP contribution in [0.1, 0.15) is 25.3 Å². The van der Waals surface area contributed by atoms with Gasteiger partial charge in [0.25, 0.3) is 0 Å². The minimum atomic E-state index is -0.545. The number of aromatic nitrogens is 2. The molecule has 0 saturated carbocycles. The molecule has 1 atom stereocenters. The Kier molecular flexibility index (Phi) is 6.05. The summed E-state index contributed by atoms with van der Waals surface area (Å²) in [5.41, 5.74) is 7.87. The lowest BCUT2D eigenvalue weighted by Gasteiger charge is -2.14. The summed E-state index contributed by atoms with van der Waals surface area (Å²) < 4.78 is 5.18. The van der Waals surface area contributed by atoms with Crippen molar-refractivity contribution in [3.8, 4) is 11.4 Å². The quantitative estimate of drug-likeness (QED) is 0.796. The van der Waals surface area contributed by atoms with Crippen LogP contribution in [0, 0.1) is 5.92 Å². The molecule has 1 aromatic carbocycles. The third-order valence-electron chi connectivity index (χ3n) is 3.61. The van der Waals surface area contributed by atoms with Crippen LogP contribution >= 0.6 is 0 Å². The molecule has 130 valence electrons. The highest BCUT2D eigenvalue weighted by Gasteiger charge is 2.18. The minimum Gasteiger partial charge on any atom is -0.346 e. The smallest absolute Gasteiger partial charge is 0.246 e. The molecule has 0 fully saturated rings. The second-order valence-electron chi connectivity index (χ2n) is 6.43. The van der Waals surface area contributed by atoms with Gasteiger partial charge in [0.1, 0.15) is 0 Å². The second-order valence-corrected chi connectivity index (χ2v) is 6.43. The fraction of sp³-hybridized carbons (Fsp3) is 0.471. The third-order valence-corrected chi connectivity index (χ3v) is 3.61. The van der Waals surface area contributed by atoms with Gasteiger partial charge in [-0.1, -0.05) is 43.3 Å². The molecular formula is C17H25N5O2. The predicted molar refractivity (Wildman–Crippen MR) is 91.8 cm³/mol. The van der Waals surface area contributed by atoms with E-state index >= 15 is 0 Å². The van der Waals surface area contributed by atoms with Gasteiger partial charge in [0, 0.05) is 12.1 Å². The predicted octanol–water partition coefficient (Wildman–Crippen LogP) is 1.40. The molecule has 0 unspecified atom stereocenters. The molecule has 24 heavy (non-hydrogen) atoms. The Labute approximate surface area is 142 Å². The van der Waals surface area contributed by atoms with Crippen molar-refractivity contribution >= 4 is 5.91 Å². The molecule has 7 heteroatoms. The van der Waals surface area contributed by atoms with Crippen molar-refractivity contribution in [2.45, 2.75) is 33.0 Å². The Morgan fingerprint density at radius 3 is 2.54 bits per heavy atom. The molecule has 2 aromatic rings. The van der Waals surface area contributed by atoms with Gasteiger partial charge in [-0.25, -0.2) is 0 Å². The third kappa shape index (κ3) is 4.87. The maximum atomic E-state index is 11.8. The van der Waals surface area contributed by atoms with Crippen molar-refractivity contribution in [3.05, 3.63) is 35.7 Å². The summed E-state index contributed by atoms with van der Waals surface area (Å²) in [5, 5.41) is 6.67. The SMILES string of the molecule is CC(C)[C@H](N)C(=O)NCc1nc(-c2ccc(CN(C)C)cc2)no1. The van der Waals surface area contributed by atoms with E-state index in [-0.39, 0.29) is 18.4 Å². The zero-order valence-electron chi connectivity index (χ0n) is 14.6. The number of nitrogens with zero attached hydrogens (tertiary/aromatic N) is 3. The van der Waals surface area contributed by atoms with Gasteiger partial charge in [-0.3, -0.25) is 4.79 Å². The molecule has 1 amide bonds. The van der Waals surface area contributed by atoms with E-state index in [1.165, 1.54) is 5.56 Å². The number of rotatable bonds is 7. The van der Waals surface area contributed by atoms with E-state index in [0.29, 0.717) is 11.7 Å². The first-order valence-electron chi connectivity index (χ1n) is 7.96. The number of nitrogens with one attached hydrogen (secondary N) is 1. The van der Waals surface area contributed by atoms with Crippen molar-refractivity contribution in [3.63, 3.8) is 0 Å². The summed E-state index contributed by atoms with van der Waals surface area (Å²) in [5.74, 6) is 0.706. The van der Waals surface area contributed by atoms with Gasteiger partial charge in [-0.15, -0.1) is 0 Å². The number of carbonyl (C=O) groups excluding carboxylic acids is 1. The van der Waals surface area contributed by atoms with Crippen LogP contribution in [0.4, 0.5) is 0 Å². The van der Waals surface area contributed by atoms with Crippen molar-refractivity contribution in [1.82, 2.24) is 20.4 Å². The van der Waals surface area contributed by atoms with Crippen LogP contribution in [0.3, 0.4) is 0 Å². The lowest BCUT2D eigenvalue weighted by atomic mass is 10.1. The van der Waals surface area contributed by atoms with Gasteiger partial charge in [-0.05, 0) is 25.6 Å². The van der Waals surface area contributed by atoms with E-state index < -0.39 is 6.04 Å². The Morgan fingerprint density at radius 1 is 1.29 bits per heavy atom. The van der Waals surface area contributed by atoms with Gasteiger partial charge >= 0.3 is 0 Å². The Hall–Kier alpha value is -2.25. The first-order chi connectivity index (χ1) is 11.4. The molecule has 0 saturated heterocycles. The average Bonchev–Trinajstić information content (AvgIpc) is 3.00. The van der Waals surface area contributed by atoms with E-state index in [9.17, 15) is 4.79 Å². The molecule has 0 spiro atoms. The van der Waals surface area contributed by atoms with E-state index in [1.807, 2.05) is 52.2 Å². The highest BCUT2D eigenvalue weighted by atomic mass is 16.5. The summed E-state index contributed by atoms with van der Waals surface area (Å²) in [4.78, 5) is 18.2. The van der Waals surface area contributed by atoms with E-state index in [0.717, 1.165) is 12.1 Å². The summed E-state index contributed by atoms with van der Waals surface area (Å²) in [6, 6.07) is 7.45. The number of benzene rings is 1. The Morgan fingerprint density at radius 2 is 1.96 bits per heavy atom. The number of nitrogens with two attached hydrogens (primary N) is 1. The first kappa shape index (κ1) is 18.1. The highest BCUT2D eigenvalue weighted by molar-refractivity contribution is 5.81. The highest BCUT2D eigenvalue weighted by Crippen LogP contribution is 2.17. The van der Waals surface area contributed by atoms with Gasteiger partial charge in [0.2, 0.25) is 17.6 Å².